The van der Waals surface area contributed by atoms with Gasteiger partial charge in [-0.25, -0.2) is 0 Å². The Morgan fingerprint density at radius 3 is 2.90 bits per heavy atom. The van der Waals surface area contributed by atoms with Crippen LogP contribution in [0.15, 0.2) is 72.5 Å². The molecule has 0 spiro atoms. The van der Waals surface area contributed by atoms with E-state index < -0.39 is 6.17 Å². The fourth-order valence-electron chi connectivity index (χ4n) is 4.21. The molecule has 1 aromatic heterocycles. The first-order chi connectivity index (χ1) is 15.0. The van der Waals surface area contributed by atoms with Gasteiger partial charge in [0.1, 0.15) is 5.69 Å². The summed E-state index contributed by atoms with van der Waals surface area (Å²) in [5.41, 5.74) is 5.12. The molecule has 1 aliphatic heterocycles. The normalized spacial score (nSPS) is 20.3. The number of aryl methyl sites for hydroxylation is 1. The quantitative estimate of drug-likeness (QED) is 0.497. The maximum absolute atomic E-state index is 13.0. The number of hydrogen-bond acceptors (Lipinski definition) is 3. The van der Waals surface area contributed by atoms with Crippen LogP contribution in [-0.2, 0) is 4.74 Å². The van der Waals surface area contributed by atoms with Crippen LogP contribution in [0.1, 0.15) is 23.0 Å². The third kappa shape index (κ3) is 3.40. The number of nitrogens with zero attached hydrogens (tertiary/aromatic N) is 1. The third-order valence-corrected chi connectivity index (χ3v) is 5.78. The number of amides is 1. The topological polar surface area (TPSA) is 80.2 Å². The molecule has 6 nitrogen and oxygen atoms in total. The summed E-state index contributed by atoms with van der Waals surface area (Å²) in [5.74, 6) is 0.166. The Hall–Kier alpha value is -3.80. The number of carbonyl (C=O) groups excluding carboxylic acids is 1. The summed E-state index contributed by atoms with van der Waals surface area (Å²) in [6.45, 7) is 4.08. The Labute approximate surface area is 180 Å². The number of nitrogens with one attached hydrogen (secondary N) is 2. The first-order valence-electron chi connectivity index (χ1n) is 10.4. The lowest BCUT2D eigenvalue weighted by Gasteiger charge is -2.29. The first kappa shape index (κ1) is 19.2. The van der Waals surface area contributed by atoms with Crippen LogP contribution >= 0.6 is 0 Å². The van der Waals surface area contributed by atoms with Gasteiger partial charge in [-0.1, -0.05) is 60.2 Å². The number of hydroxylamine groups is 1. The van der Waals surface area contributed by atoms with Crippen LogP contribution in [0.2, 0.25) is 0 Å². The van der Waals surface area contributed by atoms with Gasteiger partial charge in [0.25, 0.3) is 12.1 Å². The summed E-state index contributed by atoms with van der Waals surface area (Å²) in [6.07, 6.45) is 4.81. The van der Waals surface area contributed by atoms with Gasteiger partial charge < -0.3 is 14.9 Å². The SMILES string of the molecule is Cc1cccc(-c2cccc3cc(C(=O)NC4COC5=CC=CC(C)C5=[N+]4[O-])[nH]c23)c1. The number of allylic oxidation sites excluding steroid dienone is 4. The van der Waals surface area contributed by atoms with E-state index in [2.05, 4.69) is 35.4 Å². The smallest absolute Gasteiger partial charge is 0.273 e. The van der Waals surface area contributed by atoms with Crippen LogP contribution < -0.4 is 5.32 Å². The van der Waals surface area contributed by atoms with Crippen LogP contribution in [0, 0.1) is 18.0 Å². The van der Waals surface area contributed by atoms with Crippen molar-refractivity contribution in [1.29, 1.82) is 0 Å². The Kier molecular flexibility index (Phi) is 4.62. The summed E-state index contributed by atoms with van der Waals surface area (Å²) in [6, 6.07) is 16.0. The second-order valence-corrected chi connectivity index (χ2v) is 8.04. The molecule has 2 unspecified atom stereocenters. The van der Waals surface area contributed by atoms with E-state index in [0.29, 0.717) is 17.2 Å². The Bertz CT molecular complexity index is 1280. The maximum Gasteiger partial charge on any atom is 0.273 e. The molecule has 156 valence electrons. The Balaban J connectivity index is 1.45. The average Bonchev–Trinajstić information content (AvgIpc) is 3.20. The predicted molar refractivity (Wildman–Crippen MR) is 121 cm³/mol. The molecule has 6 heteroatoms. The van der Waals surface area contributed by atoms with E-state index in [0.717, 1.165) is 26.8 Å². The number of aromatic nitrogens is 1. The lowest BCUT2D eigenvalue weighted by Crippen LogP contribution is -2.51. The van der Waals surface area contributed by atoms with Gasteiger partial charge >= 0.3 is 0 Å². The minimum atomic E-state index is -0.781. The van der Waals surface area contributed by atoms with Gasteiger partial charge in [0.05, 0.1) is 11.4 Å². The van der Waals surface area contributed by atoms with E-state index in [1.54, 1.807) is 6.08 Å². The fourth-order valence-corrected chi connectivity index (χ4v) is 4.21. The summed E-state index contributed by atoms with van der Waals surface area (Å²) in [7, 11) is 0. The number of benzene rings is 2. The third-order valence-electron chi connectivity index (χ3n) is 5.78. The van der Waals surface area contributed by atoms with E-state index in [-0.39, 0.29) is 18.4 Å². The largest absolute Gasteiger partial charge is 0.622 e. The van der Waals surface area contributed by atoms with Crippen LogP contribution in [0.5, 0.6) is 0 Å². The average molecular weight is 413 g/mol. The van der Waals surface area contributed by atoms with Crippen molar-refractivity contribution in [2.75, 3.05) is 6.61 Å². The molecule has 2 heterocycles. The number of hydrogen-bond donors (Lipinski definition) is 2. The minimum Gasteiger partial charge on any atom is -0.622 e. The standard InChI is InChI=1S/C25H23N3O3/c1-15-6-3-8-17(12-15)19-10-5-9-18-13-20(26-23(18)19)25(29)27-22-14-31-21-11-4-7-16(2)24(21)28(22)30/h3-13,16,22,26H,14H2,1-2H3,(H,27,29). The molecule has 2 atom stereocenters. The second kappa shape index (κ2) is 7.47. The Morgan fingerprint density at radius 2 is 2.06 bits per heavy atom. The summed E-state index contributed by atoms with van der Waals surface area (Å²) >= 11 is 0. The molecule has 0 bridgehead atoms. The monoisotopic (exact) mass is 413 g/mol. The number of ether oxygens (including phenoxy) is 1. The molecular formula is C25H23N3O3. The maximum atomic E-state index is 13.0. The molecule has 2 aromatic carbocycles. The van der Waals surface area contributed by atoms with Gasteiger partial charge in [0.15, 0.2) is 12.4 Å². The number of carbonyl (C=O) groups is 1. The zero-order valence-electron chi connectivity index (χ0n) is 17.4. The highest BCUT2D eigenvalue weighted by atomic mass is 16.5. The first-order valence-corrected chi connectivity index (χ1v) is 10.4. The van der Waals surface area contributed by atoms with Crippen molar-refractivity contribution in [3.8, 4) is 11.1 Å². The van der Waals surface area contributed by atoms with Crippen LogP contribution in [0.25, 0.3) is 22.0 Å². The highest BCUT2D eigenvalue weighted by Gasteiger charge is 2.36. The predicted octanol–water partition coefficient (Wildman–Crippen LogP) is 4.27. The highest BCUT2D eigenvalue weighted by Crippen LogP contribution is 2.29. The van der Waals surface area contributed by atoms with E-state index >= 15 is 0 Å². The molecule has 0 saturated carbocycles. The molecule has 3 aromatic rings. The molecule has 1 aliphatic carbocycles. The number of aromatic amines is 1. The lowest BCUT2D eigenvalue weighted by molar-refractivity contribution is -0.518. The van der Waals surface area contributed by atoms with Crippen LogP contribution in [0.4, 0.5) is 0 Å². The van der Waals surface area contributed by atoms with Crippen LogP contribution in [0.3, 0.4) is 0 Å². The second-order valence-electron chi connectivity index (χ2n) is 8.04. The van der Waals surface area contributed by atoms with Crippen molar-refractivity contribution in [3.63, 3.8) is 0 Å². The van der Waals surface area contributed by atoms with Crippen molar-refractivity contribution in [2.24, 2.45) is 5.92 Å². The molecule has 1 amide bonds. The van der Waals surface area contributed by atoms with Crippen molar-refractivity contribution in [3.05, 3.63) is 89.0 Å². The van der Waals surface area contributed by atoms with Gasteiger partial charge in [0.2, 0.25) is 5.71 Å². The number of para-hydroxylation sites is 1. The lowest BCUT2D eigenvalue weighted by atomic mass is 9.98. The fraction of sp³-hybridized carbons (Fsp3) is 0.200. The highest BCUT2D eigenvalue weighted by molar-refractivity contribution is 6.02. The number of rotatable bonds is 3. The summed E-state index contributed by atoms with van der Waals surface area (Å²) in [5, 5.41) is 16.6. The van der Waals surface area contributed by atoms with Gasteiger partial charge in [-0.2, -0.15) is 4.74 Å². The van der Waals surface area contributed by atoms with E-state index in [1.807, 2.05) is 49.4 Å². The van der Waals surface area contributed by atoms with Gasteiger partial charge in [0, 0.05) is 10.9 Å². The molecule has 2 N–H and O–H groups in total. The molecule has 0 radical (unpaired) electrons. The zero-order valence-corrected chi connectivity index (χ0v) is 17.4. The van der Waals surface area contributed by atoms with Gasteiger partial charge in [-0.15, -0.1) is 0 Å². The van der Waals surface area contributed by atoms with Crippen molar-refractivity contribution in [2.45, 2.75) is 20.0 Å². The molecule has 2 aliphatic rings. The van der Waals surface area contributed by atoms with Crippen LogP contribution in [-0.4, -0.2) is 34.1 Å². The molecule has 0 fully saturated rings. The molecule has 5 rings (SSSR count). The Morgan fingerprint density at radius 1 is 1.23 bits per heavy atom. The van der Waals surface area contributed by atoms with Gasteiger partial charge in [-0.05, 0) is 31.6 Å². The minimum absolute atomic E-state index is 0.0674. The van der Waals surface area contributed by atoms with Crippen molar-refractivity contribution >= 4 is 22.5 Å². The molecular weight excluding hydrogens is 390 g/mol. The molecule has 0 saturated heterocycles. The number of fused-ring (bicyclic) bond motifs is 2. The number of H-pyrrole nitrogens is 1. The summed E-state index contributed by atoms with van der Waals surface area (Å²) < 4.78 is 6.59. The van der Waals surface area contributed by atoms with E-state index in [1.165, 1.54) is 5.56 Å². The summed E-state index contributed by atoms with van der Waals surface area (Å²) in [4.78, 5) is 16.2. The van der Waals surface area contributed by atoms with Gasteiger partial charge in [-0.3, -0.25) is 10.1 Å². The van der Waals surface area contributed by atoms with E-state index in [4.69, 9.17) is 4.74 Å². The zero-order chi connectivity index (χ0) is 21.5. The van der Waals surface area contributed by atoms with Crippen molar-refractivity contribution < 1.29 is 14.3 Å². The van der Waals surface area contributed by atoms with E-state index in [9.17, 15) is 10.0 Å². The van der Waals surface area contributed by atoms with Crippen molar-refractivity contribution in [1.82, 2.24) is 10.3 Å². The molecule has 31 heavy (non-hydrogen) atoms.